The number of nitrogens with zero attached hydrogens (tertiary/aromatic N) is 1. The summed E-state index contributed by atoms with van der Waals surface area (Å²) in [6.45, 7) is 2.75. The van der Waals surface area contributed by atoms with Crippen LogP contribution in [0, 0.1) is 3.57 Å². The molecular weight excluding hydrogens is 529 g/mol. The van der Waals surface area contributed by atoms with Crippen molar-refractivity contribution in [2.45, 2.75) is 13.5 Å². The van der Waals surface area contributed by atoms with Crippen LogP contribution in [0.5, 0.6) is 11.5 Å². The van der Waals surface area contributed by atoms with Gasteiger partial charge in [0.2, 0.25) is 0 Å². The molecule has 4 nitrogen and oxygen atoms in total. The highest BCUT2D eigenvalue weighted by molar-refractivity contribution is 14.1. The molecule has 2 aromatic carbocycles. The number of hydrogen-bond donors (Lipinski definition) is 0. The van der Waals surface area contributed by atoms with Crippen molar-refractivity contribution >= 4 is 74.5 Å². The summed E-state index contributed by atoms with van der Waals surface area (Å²) in [5, 5.41) is 0.661. The minimum atomic E-state index is -0.0954. The third-order valence-electron chi connectivity index (χ3n) is 3.95. The standard InChI is InChI=1S/C20H17ClINO3S2/c1-3-25-16-9-12(10-17-19(24)23(2)20(27)28-17)8-15(22)18(16)26-11-13-6-4-5-7-14(13)21/h4-10H,3,11H2,1-2H3/b17-10-. The summed E-state index contributed by atoms with van der Waals surface area (Å²) in [6.07, 6.45) is 1.82. The molecule has 3 rings (SSSR count). The van der Waals surface area contributed by atoms with Gasteiger partial charge in [0, 0.05) is 17.6 Å². The Kier molecular flexibility index (Phi) is 7.25. The highest BCUT2D eigenvalue weighted by Crippen LogP contribution is 2.37. The second kappa shape index (κ2) is 9.47. The molecule has 0 aliphatic carbocycles. The summed E-state index contributed by atoms with van der Waals surface area (Å²) < 4.78 is 13.3. The van der Waals surface area contributed by atoms with Crippen LogP contribution in [0.3, 0.4) is 0 Å². The molecule has 8 heteroatoms. The van der Waals surface area contributed by atoms with Gasteiger partial charge in [-0.3, -0.25) is 9.69 Å². The number of carbonyl (C=O) groups excluding carboxylic acids is 1. The lowest BCUT2D eigenvalue weighted by molar-refractivity contribution is -0.121. The van der Waals surface area contributed by atoms with Crippen LogP contribution >= 0.6 is 58.2 Å². The molecule has 2 aromatic rings. The van der Waals surface area contributed by atoms with Crippen molar-refractivity contribution in [3.05, 3.63) is 61.0 Å². The molecule has 1 fully saturated rings. The zero-order valence-corrected chi connectivity index (χ0v) is 19.7. The SMILES string of the molecule is CCOc1cc(/C=C2\SC(=S)N(C)C2=O)cc(I)c1OCc1ccccc1Cl. The molecule has 0 bridgehead atoms. The predicted octanol–water partition coefficient (Wildman–Crippen LogP) is 5.75. The van der Waals surface area contributed by atoms with E-state index in [0.717, 1.165) is 14.7 Å². The summed E-state index contributed by atoms with van der Waals surface area (Å²) in [5.41, 5.74) is 1.75. The number of rotatable bonds is 6. The lowest BCUT2D eigenvalue weighted by Gasteiger charge is -2.15. The van der Waals surface area contributed by atoms with E-state index in [-0.39, 0.29) is 5.91 Å². The van der Waals surface area contributed by atoms with Crippen LogP contribution in [0.1, 0.15) is 18.1 Å². The number of hydrogen-bond acceptors (Lipinski definition) is 5. The van der Waals surface area contributed by atoms with E-state index in [2.05, 4.69) is 22.6 Å². The number of ether oxygens (including phenoxy) is 2. The van der Waals surface area contributed by atoms with Gasteiger partial charge in [-0.15, -0.1) is 0 Å². The Labute approximate surface area is 192 Å². The summed E-state index contributed by atoms with van der Waals surface area (Å²) in [5.74, 6) is 1.18. The average Bonchev–Trinajstić information content (AvgIpc) is 2.89. The van der Waals surface area contributed by atoms with E-state index in [4.69, 9.17) is 33.3 Å². The fourth-order valence-corrected chi connectivity index (χ4v) is 4.69. The van der Waals surface area contributed by atoms with Crippen LogP contribution in [-0.2, 0) is 11.4 Å². The molecule has 1 amide bonds. The van der Waals surface area contributed by atoms with E-state index >= 15 is 0 Å². The minimum absolute atomic E-state index is 0.0954. The van der Waals surface area contributed by atoms with Crippen LogP contribution in [0.25, 0.3) is 6.08 Å². The van der Waals surface area contributed by atoms with Gasteiger partial charge in [0.1, 0.15) is 10.9 Å². The largest absolute Gasteiger partial charge is 0.490 e. The number of thiocarbonyl (C=S) groups is 1. The average molecular weight is 546 g/mol. The Hall–Kier alpha value is -1.29. The van der Waals surface area contributed by atoms with Gasteiger partial charge in [-0.1, -0.05) is 53.8 Å². The molecule has 0 N–H and O–H groups in total. The van der Waals surface area contributed by atoms with Crippen molar-refractivity contribution in [3.8, 4) is 11.5 Å². The zero-order chi connectivity index (χ0) is 20.3. The first-order valence-corrected chi connectivity index (χ1v) is 11.1. The maximum Gasteiger partial charge on any atom is 0.265 e. The Balaban J connectivity index is 1.89. The van der Waals surface area contributed by atoms with E-state index in [0.29, 0.717) is 39.0 Å². The fourth-order valence-electron chi connectivity index (χ4n) is 2.54. The predicted molar refractivity (Wildman–Crippen MR) is 127 cm³/mol. The van der Waals surface area contributed by atoms with Gasteiger partial charge in [0.05, 0.1) is 15.1 Å². The third-order valence-corrected chi connectivity index (χ3v) is 6.60. The molecule has 1 saturated heterocycles. The maximum atomic E-state index is 12.3. The molecule has 0 spiro atoms. The molecule has 0 unspecified atom stereocenters. The number of amides is 1. The lowest BCUT2D eigenvalue weighted by Crippen LogP contribution is -2.22. The smallest absolute Gasteiger partial charge is 0.265 e. The van der Waals surface area contributed by atoms with Crippen molar-refractivity contribution in [3.63, 3.8) is 0 Å². The zero-order valence-electron chi connectivity index (χ0n) is 15.2. The Morgan fingerprint density at radius 3 is 2.68 bits per heavy atom. The van der Waals surface area contributed by atoms with Crippen LogP contribution in [0.15, 0.2) is 41.3 Å². The summed E-state index contributed by atoms with van der Waals surface area (Å²) >= 11 is 14.9. The van der Waals surface area contributed by atoms with Crippen LogP contribution < -0.4 is 9.47 Å². The first-order valence-electron chi connectivity index (χ1n) is 8.44. The molecular formula is C20H17ClINO3S2. The maximum absolute atomic E-state index is 12.3. The van der Waals surface area contributed by atoms with Crippen molar-refractivity contribution in [2.75, 3.05) is 13.7 Å². The van der Waals surface area contributed by atoms with Gasteiger partial charge < -0.3 is 9.47 Å². The third kappa shape index (κ3) is 4.82. The van der Waals surface area contributed by atoms with E-state index < -0.39 is 0 Å². The number of thioether (sulfide) groups is 1. The van der Waals surface area contributed by atoms with Crippen molar-refractivity contribution in [1.82, 2.24) is 4.90 Å². The van der Waals surface area contributed by atoms with Gasteiger partial charge in [-0.2, -0.15) is 0 Å². The van der Waals surface area contributed by atoms with Crippen LogP contribution in [0.2, 0.25) is 5.02 Å². The summed E-state index contributed by atoms with van der Waals surface area (Å²) in [4.78, 5) is 14.3. The molecule has 28 heavy (non-hydrogen) atoms. The normalized spacial score (nSPS) is 15.4. The summed E-state index contributed by atoms with van der Waals surface area (Å²) in [6, 6.07) is 11.4. The molecule has 1 heterocycles. The first kappa shape index (κ1) is 21.4. The van der Waals surface area contributed by atoms with E-state index in [1.165, 1.54) is 16.7 Å². The first-order chi connectivity index (χ1) is 13.4. The minimum Gasteiger partial charge on any atom is -0.490 e. The Morgan fingerprint density at radius 1 is 1.29 bits per heavy atom. The highest BCUT2D eigenvalue weighted by atomic mass is 127. The lowest BCUT2D eigenvalue weighted by atomic mass is 10.1. The topological polar surface area (TPSA) is 38.8 Å². The van der Waals surface area contributed by atoms with Gasteiger partial charge >= 0.3 is 0 Å². The second-order valence-electron chi connectivity index (χ2n) is 5.88. The molecule has 146 valence electrons. The van der Waals surface area contributed by atoms with Crippen LogP contribution in [0.4, 0.5) is 0 Å². The number of carbonyl (C=O) groups is 1. The Bertz CT molecular complexity index is 964. The van der Waals surface area contributed by atoms with Crippen molar-refractivity contribution < 1.29 is 14.3 Å². The molecule has 0 atom stereocenters. The van der Waals surface area contributed by atoms with Gasteiger partial charge in [-0.05, 0) is 59.4 Å². The van der Waals surface area contributed by atoms with Crippen molar-refractivity contribution in [2.24, 2.45) is 0 Å². The number of halogens is 2. The molecule has 0 aromatic heterocycles. The second-order valence-corrected chi connectivity index (χ2v) is 9.13. The van der Waals surface area contributed by atoms with E-state index in [1.807, 2.05) is 49.4 Å². The fraction of sp³-hybridized carbons (Fsp3) is 0.200. The molecule has 0 saturated carbocycles. The Morgan fingerprint density at radius 2 is 2.04 bits per heavy atom. The van der Waals surface area contributed by atoms with Crippen LogP contribution in [-0.4, -0.2) is 28.8 Å². The highest BCUT2D eigenvalue weighted by Gasteiger charge is 2.28. The van der Waals surface area contributed by atoms with Gasteiger partial charge in [-0.25, -0.2) is 0 Å². The molecule has 0 radical (unpaired) electrons. The summed E-state index contributed by atoms with van der Waals surface area (Å²) in [7, 11) is 1.68. The number of benzene rings is 2. The number of likely N-dealkylation sites (N-methyl/N-ethyl adjacent to an activating group) is 1. The van der Waals surface area contributed by atoms with Gasteiger partial charge in [0.15, 0.2) is 11.5 Å². The quantitative estimate of drug-likeness (QED) is 0.262. The monoisotopic (exact) mass is 545 g/mol. The molecule has 1 aliphatic heterocycles. The van der Waals surface area contributed by atoms with E-state index in [9.17, 15) is 4.79 Å². The molecule has 1 aliphatic rings. The van der Waals surface area contributed by atoms with E-state index in [1.54, 1.807) is 7.05 Å². The van der Waals surface area contributed by atoms with Crippen molar-refractivity contribution in [1.29, 1.82) is 0 Å². The van der Waals surface area contributed by atoms with Gasteiger partial charge in [0.25, 0.3) is 5.91 Å².